The van der Waals surface area contributed by atoms with Gasteiger partial charge in [-0.05, 0) is 75.9 Å². The minimum atomic E-state index is -5.86. The molecule has 4 heterocycles. The van der Waals surface area contributed by atoms with Crippen molar-refractivity contribution in [1.29, 1.82) is 0 Å². The molecule has 0 saturated carbocycles. The zero-order valence-electron chi connectivity index (χ0n) is 38.2. The molecule has 1 fully saturated rings. The second-order valence-corrected chi connectivity index (χ2v) is 19.9. The number of aromatic nitrogens is 4. The van der Waals surface area contributed by atoms with E-state index in [0.29, 0.717) is 35.6 Å². The molecule has 0 bridgehead atoms. The number of halogens is 1. The number of carbonyl (C=O) groups excluding carboxylic acids is 2. The number of amides is 1. The van der Waals surface area contributed by atoms with Crippen molar-refractivity contribution in [3.8, 4) is 34.3 Å². The van der Waals surface area contributed by atoms with E-state index in [1.165, 1.54) is 6.07 Å². The summed E-state index contributed by atoms with van der Waals surface area (Å²) < 4.78 is 66.0. The quantitative estimate of drug-likeness (QED) is 0.0238. The van der Waals surface area contributed by atoms with Gasteiger partial charge in [0.25, 0.3) is 5.91 Å². The maximum absolute atomic E-state index is 13.8. The van der Waals surface area contributed by atoms with Crippen LogP contribution in [-0.2, 0) is 36.3 Å². The number of phosphoric ester groups is 1. The van der Waals surface area contributed by atoms with E-state index in [1.54, 1.807) is 19.1 Å². The molecule has 0 radical (unpaired) electrons. The molecular weight excluding hydrogens is 1020 g/mol. The van der Waals surface area contributed by atoms with Gasteiger partial charge in [-0.3, -0.25) is 13.9 Å². The number of aliphatic hydroxyl groups is 2. The molecule has 0 spiro atoms. The average Bonchev–Trinajstić information content (AvgIpc) is 3.78. The first kappa shape index (κ1) is 54.7. The van der Waals surface area contributed by atoms with Crippen LogP contribution in [-0.4, -0.2) is 112 Å². The lowest BCUT2D eigenvalue weighted by atomic mass is 9.88. The number of phosphoric acid groups is 3. The van der Waals surface area contributed by atoms with E-state index >= 15 is 0 Å². The number of esters is 1. The third-order valence-corrected chi connectivity index (χ3v) is 14.4. The van der Waals surface area contributed by atoms with Crippen LogP contribution in [0.15, 0.2) is 53.2 Å². The van der Waals surface area contributed by atoms with E-state index in [2.05, 4.69) is 55.6 Å². The Bertz CT molecular complexity index is 3280. The summed E-state index contributed by atoms with van der Waals surface area (Å²) >= 11 is 0. The predicted molar refractivity (Wildman–Crippen MR) is 247 cm³/mol. The maximum atomic E-state index is 13.8. The molecule has 71 heavy (non-hydrogen) atoms. The fourth-order valence-electron chi connectivity index (χ4n) is 7.69. The number of rotatable bonds is 16. The molecule has 2 unspecified atom stereocenters. The molecule has 2 aromatic heterocycles. The second kappa shape index (κ2) is 22.0. The molecule has 3 aliphatic rings. The molecule has 25 nitrogen and oxygen atoms in total. The van der Waals surface area contributed by atoms with Crippen LogP contribution in [0.3, 0.4) is 0 Å². The van der Waals surface area contributed by atoms with Gasteiger partial charge in [0.2, 0.25) is 5.36 Å². The standard InChI is InChI=1S/C42H47N8O17P3.ClH/c1-6-44-28-17-30-26(14-21(28)4)34(27-15-22(5)29(45-7-2)18-31(27)64-30)24-12-11-23(16-25(24)42(54)62-8-3)40(53)46-13-9-10-33-49-35-38(43)47-20-48-39(35)50(33)41-37(52)36(51)32(65-41)19-63-69(58,59)67-70(60,61)66-68(55,56)57;/h11-12,14-18,20,32,36-37,41,44,51-52H,6-8,13,19H2,1-5H3,(H,46,53)(H,58,59)(H,60,61)(H2,43,47,48)(H2,55,56,57);1H/t32-,36-,37-,41-;/m1./s1. The van der Waals surface area contributed by atoms with E-state index in [1.807, 2.05) is 52.0 Å². The molecule has 4 aromatic rings. The van der Waals surface area contributed by atoms with Crippen molar-refractivity contribution in [3.05, 3.63) is 82.2 Å². The lowest BCUT2D eigenvalue weighted by molar-refractivity contribution is -0.496. The van der Waals surface area contributed by atoms with E-state index in [0.717, 1.165) is 44.0 Å². The summed E-state index contributed by atoms with van der Waals surface area (Å²) in [5.74, 6) is 4.45. The van der Waals surface area contributed by atoms with Gasteiger partial charge in [0.15, 0.2) is 29.0 Å². The van der Waals surface area contributed by atoms with Crippen molar-refractivity contribution < 1.29 is 97.5 Å². The monoisotopic (exact) mass is 1060 g/mol. The number of nitrogens with zero attached hydrogens (tertiary/aromatic N) is 4. The highest BCUT2D eigenvalue weighted by Gasteiger charge is 2.47. The van der Waals surface area contributed by atoms with E-state index in [9.17, 15) is 43.3 Å². The molecular formula is C42H48ClN8O17P3. The lowest BCUT2D eigenvalue weighted by Crippen LogP contribution is -3.00. The summed E-state index contributed by atoms with van der Waals surface area (Å²) in [6.45, 7) is 9.59. The number of ether oxygens (including phenoxy) is 2. The van der Waals surface area contributed by atoms with Gasteiger partial charge >= 0.3 is 29.4 Å². The van der Waals surface area contributed by atoms with Gasteiger partial charge in [0.05, 0.1) is 31.4 Å². The smallest absolute Gasteiger partial charge is 0.490 e. The zero-order chi connectivity index (χ0) is 50.9. The number of benzene rings is 3. The van der Waals surface area contributed by atoms with Gasteiger partial charge in [-0.15, -0.1) is 0 Å². The molecule has 7 rings (SSSR count). The SMILES string of the molecule is CCNc1cc2oc3cc(=[NH+]CC)c(C)cc-3c(-c3ccc(C(=O)NCC#Cc4nc5c(N)ncnc5n4[C@@H]4O[C@H](COP(=O)(O)OP(=O)(O)OP(=O)(O)O)[C@@H](O)[C@H]4O)cc3C(=O)OCC)c2cc1C.[Cl-]. The normalized spacial score (nSPS) is 18.9. The number of hydrogen-bond donors (Lipinski definition) is 10. The lowest BCUT2D eigenvalue weighted by Gasteiger charge is -2.20. The van der Waals surface area contributed by atoms with Crippen LogP contribution in [0.4, 0.5) is 11.5 Å². The number of anilines is 2. The van der Waals surface area contributed by atoms with Gasteiger partial charge in [-0.1, -0.05) is 12.0 Å². The largest absolute Gasteiger partial charge is 1.00 e. The Balaban J connectivity index is 0.00000825. The topological polar surface area (TPSA) is 374 Å². The van der Waals surface area contributed by atoms with Crippen molar-refractivity contribution in [2.75, 3.05) is 43.9 Å². The van der Waals surface area contributed by atoms with Crippen LogP contribution in [0.25, 0.3) is 44.6 Å². The molecule has 380 valence electrons. The third-order valence-electron chi connectivity index (χ3n) is 10.6. The molecule has 1 aliphatic carbocycles. The number of aryl methyl sites for hydroxylation is 2. The molecule has 1 saturated heterocycles. The Morgan fingerprint density at radius 2 is 1.69 bits per heavy atom. The van der Waals surface area contributed by atoms with Crippen LogP contribution in [0.5, 0.6) is 0 Å². The fraction of sp³-hybridized carbons (Fsp3) is 0.333. The summed E-state index contributed by atoms with van der Waals surface area (Å²) in [5.41, 5.74) is 11.4. The van der Waals surface area contributed by atoms with E-state index in [-0.39, 0.29) is 59.5 Å². The van der Waals surface area contributed by atoms with Crippen LogP contribution in [0.1, 0.15) is 64.7 Å². The first-order chi connectivity index (χ1) is 33.0. The van der Waals surface area contributed by atoms with Crippen LogP contribution < -0.4 is 39.1 Å². The van der Waals surface area contributed by atoms with E-state index < -0.39 is 66.5 Å². The minimum absolute atomic E-state index is 0. The highest BCUT2D eigenvalue weighted by Crippen LogP contribution is 2.66. The Hall–Kier alpha value is -5.64. The van der Waals surface area contributed by atoms with Crippen molar-refractivity contribution in [3.63, 3.8) is 0 Å². The van der Waals surface area contributed by atoms with Crippen molar-refractivity contribution in [2.24, 2.45) is 0 Å². The highest BCUT2D eigenvalue weighted by molar-refractivity contribution is 7.66. The van der Waals surface area contributed by atoms with Crippen molar-refractivity contribution in [2.45, 2.75) is 59.2 Å². The van der Waals surface area contributed by atoms with Crippen LogP contribution >= 0.6 is 23.5 Å². The number of fused-ring (bicyclic) bond motifs is 3. The number of carbonyl (C=O) groups is 2. The highest BCUT2D eigenvalue weighted by atomic mass is 35.5. The van der Waals surface area contributed by atoms with Gasteiger partial charge in [-0.25, -0.2) is 38.4 Å². The van der Waals surface area contributed by atoms with Crippen LogP contribution in [0, 0.1) is 25.7 Å². The second-order valence-electron chi connectivity index (χ2n) is 15.5. The van der Waals surface area contributed by atoms with Gasteiger partial charge in [-0.2, -0.15) is 8.62 Å². The van der Waals surface area contributed by atoms with Crippen molar-refractivity contribution >= 4 is 69.0 Å². The number of nitrogen functional groups attached to an aromatic ring is 1. The minimum Gasteiger partial charge on any atom is -1.00 e. The predicted octanol–water partition coefficient (Wildman–Crippen LogP) is -1.10. The Labute approximate surface area is 409 Å². The van der Waals surface area contributed by atoms with E-state index in [4.69, 9.17) is 29.4 Å². The summed E-state index contributed by atoms with van der Waals surface area (Å²) in [6.07, 6.45) is -5.93. The van der Waals surface area contributed by atoms with Crippen LogP contribution in [0.2, 0.25) is 0 Å². The zero-order valence-corrected chi connectivity index (χ0v) is 41.7. The Morgan fingerprint density at radius 3 is 2.38 bits per heavy atom. The Morgan fingerprint density at radius 1 is 0.944 bits per heavy atom. The maximum Gasteiger partial charge on any atom is 0.490 e. The molecule has 2 aromatic carbocycles. The molecule has 29 heteroatoms. The average molecular weight is 1070 g/mol. The first-order valence-corrected chi connectivity index (χ1v) is 25.8. The number of aliphatic hydroxyl groups excluding tert-OH is 2. The molecule has 2 aliphatic heterocycles. The molecule has 1 amide bonds. The summed E-state index contributed by atoms with van der Waals surface area (Å²) in [5, 5.41) is 29.6. The summed E-state index contributed by atoms with van der Waals surface area (Å²) in [6, 6.07) is 12.5. The number of nitrogens with one attached hydrogen (secondary N) is 3. The van der Waals surface area contributed by atoms with Gasteiger partial charge in [0, 0.05) is 45.9 Å². The van der Waals surface area contributed by atoms with Gasteiger partial charge < -0.3 is 72.5 Å². The summed E-state index contributed by atoms with van der Waals surface area (Å²) in [7, 11) is -17.2. The molecule has 6 atom stereocenters. The fourth-order valence-corrected chi connectivity index (χ4v) is 10.7. The summed E-state index contributed by atoms with van der Waals surface area (Å²) in [4.78, 5) is 80.3. The Kier molecular flexibility index (Phi) is 16.9. The van der Waals surface area contributed by atoms with Crippen molar-refractivity contribution in [1.82, 2.24) is 24.8 Å². The van der Waals surface area contributed by atoms with Gasteiger partial charge in [0.1, 0.15) is 42.5 Å². The third kappa shape index (κ3) is 12.2. The first-order valence-electron chi connectivity index (χ1n) is 21.2. The number of hydrogen-bond acceptors (Lipinski definition) is 18. The number of nitrogens with two attached hydrogens (primary N) is 1. The number of imidazole rings is 1. The molecule has 11 N–H and O–H groups in total.